The van der Waals surface area contributed by atoms with Gasteiger partial charge in [0.05, 0.1) is 68.8 Å². The molecule has 0 saturated carbocycles. The van der Waals surface area contributed by atoms with Gasteiger partial charge in [-0.25, -0.2) is 19.2 Å². The Balaban J connectivity index is -0.000000588. The fourth-order valence-electron chi connectivity index (χ4n) is 2.59. The number of aliphatic hydroxyl groups excluding tert-OH is 2. The number of hydrogen-bond acceptors (Lipinski definition) is 14. The Morgan fingerprint density at radius 3 is 1.09 bits per heavy atom. The number of carbonyl (C=O) groups is 6. The monoisotopic (exact) mass is 685 g/mol. The number of esters is 4. The third-order valence-corrected chi connectivity index (χ3v) is 5.49. The van der Waals surface area contributed by atoms with Gasteiger partial charge < -0.3 is 39.4 Å². The Kier molecular flexibility index (Phi) is 25.6. The number of carboxylic acids is 2. The van der Waals surface area contributed by atoms with Crippen molar-refractivity contribution in [3.05, 3.63) is 64.7 Å². The van der Waals surface area contributed by atoms with Crippen molar-refractivity contribution in [1.82, 2.24) is 0 Å². The number of hydrogen-bond donors (Lipinski definition) is 5. The van der Waals surface area contributed by atoms with Gasteiger partial charge in [0.2, 0.25) is 0 Å². The maximum absolute atomic E-state index is 11.3. The molecule has 5 N–H and O–H groups in total. The van der Waals surface area contributed by atoms with Crippen LogP contribution in [0.25, 0.3) is 0 Å². The Bertz CT molecular complexity index is 1300. The molecule has 2 aromatic carbocycles. The van der Waals surface area contributed by atoms with Crippen LogP contribution < -0.4 is 0 Å². The summed E-state index contributed by atoms with van der Waals surface area (Å²) in [5.41, 5.74) is 0.432. The molecule has 0 fully saturated rings. The summed E-state index contributed by atoms with van der Waals surface area (Å²) >= 11 is 0. The van der Waals surface area contributed by atoms with E-state index in [2.05, 4.69) is 18.9 Å². The van der Waals surface area contributed by atoms with Gasteiger partial charge in [-0.3, -0.25) is 14.1 Å². The SMILES string of the molecule is COC(=O)c1cc(C(=O)OC)cc(S(=O)(=O)O)c1.COC(=O)c1ccc(C(=O)OC)cc1.O=C(O)CCCC(=O)O.OCCO.[Na]. The second kappa shape index (κ2) is 25.3. The molecule has 0 bridgehead atoms. The van der Waals surface area contributed by atoms with Gasteiger partial charge in [0.25, 0.3) is 10.1 Å². The molecule has 0 unspecified atom stereocenters. The zero-order chi connectivity index (χ0) is 35.2. The first-order valence-electron chi connectivity index (χ1n) is 12.2. The van der Waals surface area contributed by atoms with Crippen molar-refractivity contribution >= 4 is 75.5 Å². The van der Waals surface area contributed by atoms with Crippen molar-refractivity contribution in [2.24, 2.45) is 0 Å². The first kappa shape index (κ1) is 46.5. The summed E-state index contributed by atoms with van der Waals surface area (Å²) in [7, 11) is 0.252. The molecule has 2 rings (SSSR count). The fraction of sp³-hybridized carbons (Fsp3) is 0.333. The number of carbonyl (C=O) groups excluding carboxylic acids is 4. The molecule has 0 amide bonds. The van der Waals surface area contributed by atoms with Crippen molar-refractivity contribution in [3.8, 4) is 0 Å². The van der Waals surface area contributed by atoms with Gasteiger partial charge in [0.1, 0.15) is 0 Å². The molecular weight excluding hydrogens is 651 g/mol. The maximum Gasteiger partial charge on any atom is 0.337 e. The second-order valence-corrected chi connectivity index (χ2v) is 9.27. The van der Waals surface area contributed by atoms with Crippen LogP contribution in [0.2, 0.25) is 0 Å². The summed E-state index contributed by atoms with van der Waals surface area (Å²) in [5, 5.41) is 31.3. The standard InChI is InChI=1S/C10H10O7S.C10H10O4.C5H8O4.C2H6O2.Na/c1-16-9(11)6-3-7(10(12)17-2)5-8(4-6)18(13,14)15;1-13-9(11)7-3-5-8(6-4-7)10(12)14-2;6-4(7)2-1-3-5(8)9;3-1-2-4;/h3-5H,1-2H3,(H,13,14,15);3-6H,1-2H3;1-3H2,(H,6,7)(H,8,9);3-4H,1-2H2;. The molecule has 2 aromatic rings. The number of aliphatic hydroxyl groups is 2. The van der Waals surface area contributed by atoms with Gasteiger partial charge in [0.15, 0.2) is 0 Å². The number of rotatable bonds is 10. The zero-order valence-electron chi connectivity index (χ0n) is 25.6. The third kappa shape index (κ3) is 20.2. The molecule has 1 radical (unpaired) electrons. The molecule has 0 aromatic heterocycles. The number of carboxylic acid groups (broad SMARTS) is 2. The van der Waals surface area contributed by atoms with Crippen molar-refractivity contribution in [2.45, 2.75) is 24.2 Å². The minimum Gasteiger partial charge on any atom is -0.481 e. The quantitative estimate of drug-likeness (QED) is 0.0995. The fourth-order valence-corrected chi connectivity index (χ4v) is 3.14. The first-order valence-corrected chi connectivity index (χ1v) is 13.7. The average Bonchev–Trinajstić information content (AvgIpc) is 3.02. The Labute approximate surface area is 286 Å². The topological polar surface area (TPSA) is 275 Å². The largest absolute Gasteiger partial charge is 0.481 e. The van der Waals surface area contributed by atoms with E-state index in [1.54, 1.807) is 0 Å². The predicted octanol–water partition coefficient (Wildman–Crippen LogP) is 0.682. The normalized spacial score (nSPS) is 9.46. The molecule has 0 atom stereocenters. The molecular formula is C27H34NaO17S. The molecule has 0 aliphatic heterocycles. The van der Waals surface area contributed by atoms with Crippen LogP contribution in [0.4, 0.5) is 0 Å². The molecule has 0 aliphatic carbocycles. The smallest absolute Gasteiger partial charge is 0.337 e. The number of aliphatic carboxylic acids is 2. The Morgan fingerprint density at radius 1 is 0.587 bits per heavy atom. The summed E-state index contributed by atoms with van der Waals surface area (Å²) in [5.74, 6) is -4.44. The Hall–Kier alpha value is -3.91. The molecule has 0 heterocycles. The minimum absolute atomic E-state index is 0. The second-order valence-electron chi connectivity index (χ2n) is 7.85. The third-order valence-electron chi connectivity index (χ3n) is 4.65. The van der Waals surface area contributed by atoms with Crippen LogP contribution in [0.15, 0.2) is 47.4 Å². The van der Waals surface area contributed by atoms with Gasteiger partial charge in [-0.05, 0) is 48.9 Å². The summed E-state index contributed by atoms with van der Waals surface area (Å²) in [6.07, 6.45) is 0.0866. The zero-order valence-corrected chi connectivity index (χ0v) is 28.4. The number of methoxy groups -OCH3 is 4. The van der Waals surface area contributed by atoms with E-state index in [4.69, 9.17) is 25.0 Å². The van der Waals surface area contributed by atoms with Crippen molar-refractivity contribution < 1.29 is 81.1 Å². The van der Waals surface area contributed by atoms with E-state index in [1.807, 2.05) is 0 Å². The molecule has 17 nitrogen and oxygen atoms in total. The van der Waals surface area contributed by atoms with Crippen molar-refractivity contribution in [2.75, 3.05) is 41.7 Å². The van der Waals surface area contributed by atoms with E-state index in [-0.39, 0.29) is 73.2 Å². The van der Waals surface area contributed by atoms with Gasteiger partial charge in [-0.2, -0.15) is 8.42 Å². The molecule has 0 aliphatic rings. The van der Waals surface area contributed by atoms with Crippen LogP contribution in [-0.2, 0) is 38.7 Å². The summed E-state index contributed by atoms with van der Waals surface area (Å²) in [4.78, 5) is 63.6. The van der Waals surface area contributed by atoms with E-state index in [1.165, 1.54) is 38.5 Å². The van der Waals surface area contributed by atoms with Crippen molar-refractivity contribution in [3.63, 3.8) is 0 Å². The van der Waals surface area contributed by atoms with Crippen LogP contribution in [0, 0.1) is 0 Å². The van der Waals surface area contributed by atoms with E-state index in [0.717, 1.165) is 32.4 Å². The van der Waals surface area contributed by atoms with E-state index < -0.39 is 50.8 Å². The van der Waals surface area contributed by atoms with Gasteiger partial charge in [0, 0.05) is 42.4 Å². The van der Waals surface area contributed by atoms with E-state index in [0.29, 0.717) is 11.1 Å². The van der Waals surface area contributed by atoms with Gasteiger partial charge >= 0.3 is 35.8 Å². The van der Waals surface area contributed by atoms with Crippen LogP contribution in [0.1, 0.15) is 60.7 Å². The van der Waals surface area contributed by atoms with Crippen LogP contribution in [-0.4, -0.2) is 140 Å². The summed E-state index contributed by atoms with van der Waals surface area (Å²) in [6, 6.07) is 8.94. The van der Waals surface area contributed by atoms with Gasteiger partial charge in [-0.1, -0.05) is 0 Å². The minimum atomic E-state index is -4.55. The molecule has 251 valence electrons. The van der Waals surface area contributed by atoms with E-state index in [9.17, 15) is 37.2 Å². The van der Waals surface area contributed by atoms with Crippen LogP contribution >= 0.6 is 0 Å². The van der Waals surface area contributed by atoms with Crippen LogP contribution in [0.5, 0.6) is 0 Å². The maximum atomic E-state index is 11.3. The van der Waals surface area contributed by atoms with E-state index >= 15 is 0 Å². The molecule has 46 heavy (non-hydrogen) atoms. The van der Waals surface area contributed by atoms with Gasteiger partial charge in [-0.15, -0.1) is 0 Å². The predicted molar refractivity (Wildman–Crippen MR) is 157 cm³/mol. The van der Waals surface area contributed by atoms with Crippen molar-refractivity contribution in [1.29, 1.82) is 0 Å². The molecule has 0 spiro atoms. The number of benzene rings is 2. The molecule has 0 saturated heterocycles. The average molecular weight is 686 g/mol. The Morgan fingerprint density at radius 2 is 0.870 bits per heavy atom. The summed E-state index contributed by atoms with van der Waals surface area (Å²) < 4.78 is 48.8. The number of ether oxygens (including phenoxy) is 4. The van der Waals surface area contributed by atoms with Crippen LogP contribution in [0.3, 0.4) is 0 Å². The summed E-state index contributed by atoms with van der Waals surface area (Å²) in [6.45, 7) is -0.250. The first-order chi connectivity index (χ1) is 21.0. The molecule has 19 heteroatoms.